The van der Waals surface area contributed by atoms with Crippen molar-refractivity contribution in [2.24, 2.45) is 0 Å². The van der Waals surface area contributed by atoms with Gasteiger partial charge in [0.2, 0.25) is 0 Å². The topological polar surface area (TPSA) is 41.5 Å². The lowest BCUT2D eigenvalue weighted by Gasteiger charge is -2.32. The van der Waals surface area contributed by atoms with Crippen molar-refractivity contribution in [2.45, 2.75) is 51.0 Å². The Balaban J connectivity index is 1.98. The second-order valence-electron chi connectivity index (χ2n) is 4.51. The molecule has 0 amide bonds. The zero-order valence-corrected chi connectivity index (χ0v) is 9.93. The molecule has 15 heavy (non-hydrogen) atoms. The van der Waals surface area contributed by atoms with Crippen LogP contribution in [-0.4, -0.2) is 37.0 Å². The second kappa shape index (κ2) is 7.20. The van der Waals surface area contributed by atoms with Gasteiger partial charge in [-0.25, -0.2) is 0 Å². The Morgan fingerprint density at radius 1 is 1.27 bits per heavy atom. The highest BCUT2D eigenvalue weighted by Gasteiger charge is 2.28. The monoisotopic (exact) mass is 215 g/mol. The maximum absolute atomic E-state index is 10.2. The number of rotatable bonds is 7. The maximum atomic E-state index is 10.2. The lowest BCUT2D eigenvalue weighted by Crippen LogP contribution is -2.42. The first-order valence-electron chi connectivity index (χ1n) is 6.28. The van der Waals surface area contributed by atoms with E-state index in [0.29, 0.717) is 0 Å². The third-order valence-electron chi connectivity index (χ3n) is 3.08. The largest absolute Gasteiger partial charge is 0.389 e. The van der Waals surface area contributed by atoms with E-state index in [4.69, 9.17) is 4.74 Å². The Kier molecular flexibility index (Phi) is 6.22. The van der Waals surface area contributed by atoms with Crippen molar-refractivity contribution in [3.8, 4) is 0 Å². The molecule has 1 aliphatic rings. The van der Waals surface area contributed by atoms with Gasteiger partial charge in [-0.15, -0.1) is 0 Å². The summed E-state index contributed by atoms with van der Waals surface area (Å²) < 4.78 is 5.25. The van der Waals surface area contributed by atoms with Gasteiger partial charge in [0.25, 0.3) is 0 Å². The van der Waals surface area contributed by atoms with Crippen LogP contribution >= 0.6 is 0 Å². The number of hydrogen-bond donors (Lipinski definition) is 2. The first kappa shape index (κ1) is 12.9. The van der Waals surface area contributed by atoms with Crippen LogP contribution in [-0.2, 0) is 4.74 Å². The van der Waals surface area contributed by atoms with Crippen LogP contribution in [0.2, 0.25) is 0 Å². The molecule has 0 saturated heterocycles. The van der Waals surface area contributed by atoms with Crippen molar-refractivity contribution in [3.63, 3.8) is 0 Å². The van der Waals surface area contributed by atoms with Gasteiger partial charge in [-0.3, -0.25) is 0 Å². The summed E-state index contributed by atoms with van der Waals surface area (Å²) in [7, 11) is 0. The summed E-state index contributed by atoms with van der Waals surface area (Å²) in [5, 5.41) is 13.5. The molecule has 2 N–H and O–H groups in total. The highest BCUT2D eigenvalue weighted by atomic mass is 16.5. The highest BCUT2D eigenvalue weighted by molar-refractivity contribution is 4.84. The minimum atomic E-state index is -0.427. The van der Waals surface area contributed by atoms with E-state index >= 15 is 0 Å². The molecule has 1 aliphatic carbocycles. The van der Waals surface area contributed by atoms with Gasteiger partial charge in [-0.05, 0) is 32.7 Å². The smallest absolute Gasteiger partial charge is 0.0771 e. The Morgan fingerprint density at radius 2 is 2.00 bits per heavy atom. The fourth-order valence-electron chi connectivity index (χ4n) is 2.15. The zero-order valence-electron chi connectivity index (χ0n) is 9.93. The fraction of sp³-hybridized carbons (Fsp3) is 1.00. The SMILES string of the molecule is CCOCCCNCC1(O)CCCCC1. The molecule has 1 fully saturated rings. The quantitative estimate of drug-likeness (QED) is 0.635. The maximum Gasteiger partial charge on any atom is 0.0771 e. The number of aliphatic hydroxyl groups is 1. The molecule has 1 saturated carbocycles. The van der Waals surface area contributed by atoms with Crippen molar-refractivity contribution < 1.29 is 9.84 Å². The molecule has 3 nitrogen and oxygen atoms in total. The minimum Gasteiger partial charge on any atom is -0.389 e. The molecule has 0 aliphatic heterocycles. The molecule has 0 spiro atoms. The van der Waals surface area contributed by atoms with Crippen LogP contribution in [0.5, 0.6) is 0 Å². The molecule has 0 radical (unpaired) electrons. The van der Waals surface area contributed by atoms with Crippen molar-refractivity contribution in [1.82, 2.24) is 5.32 Å². The zero-order chi connectivity index (χ0) is 11.0. The number of hydrogen-bond acceptors (Lipinski definition) is 3. The Bertz CT molecular complexity index is 156. The summed E-state index contributed by atoms with van der Waals surface area (Å²) >= 11 is 0. The van der Waals surface area contributed by atoms with E-state index in [0.717, 1.165) is 45.6 Å². The fourth-order valence-corrected chi connectivity index (χ4v) is 2.15. The first-order valence-corrected chi connectivity index (χ1v) is 6.28. The predicted molar refractivity (Wildman–Crippen MR) is 62.0 cm³/mol. The summed E-state index contributed by atoms with van der Waals surface area (Å²) in [5.74, 6) is 0. The van der Waals surface area contributed by atoms with Crippen molar-refractivity contribution >= 4 is 0 Å². The van der Waals surface area contributed by atoms with Gasteiger partial charge in [0.15, 0.2) is 0 Å². The summed E-state index contributed by atoms with van der Waals surface area (Å²) in [5.41, 5.74) is -0.427. The van der Waals surface area contributed by atoms with Gasteiger partial charge in [0, 0.05) is 19.8 Å². The molecule has 0 heterocycles. The number of nitrogens with one attached hydrogen (secondary N) is 1. The molecule has 0 aromatic rings. The highest BCUT2D eigenvalue weighted by Crippen LogP contribution is 2.27. The predicted octanol–water partition coefficient (Wildman–Crippen LogP) is 1.70. The molecular weight excluding hydrogens is 190 g/mol. The van der Waals surface area contributed by atoms with E-state index in [1.54, 1.807) is 0 Å². The summed E-state index contributed by atoms with van der Waals surface area (Å²) in [6.07, 6.45) is 6.60. The third-order valence-corrected chi connectivity index (χ3v) is 3.08. The second-order valence-corrected chi connectivity index (χ2v) is 4.51. The van der Waals surface area contributed by atoms with E-state index in [-0.39, 0.29) is 0 Å². The molecule has 0 aromatic heterocycles. The molecule has 1 rings (SSSR count). The van der Waals surface area contributed by atoms with Gasteiger partial charge in [-0.2, -0.15) is 0 Å². The molecule has 0 aromatic carbocycles. The van der Waals surface area contributed by atoms with Crippen LogP contribution in [0, 0.1) is 0 Å². The van der Waals surface area contributed by atoms with Gasteiger partial charge in [0.05, 0.1) is 5.60 Å². The first-order chi connectivity index (χ1) is 7.27. The van der Waals surface area contributed by atoms with Crippen LogP contribution in [0.25, 0.3) is 0 Å². The normalized spacial score (nSPS) is 20.4. The van der Waals surface area contributed by atoms with Crippen molar-refractivity contribution in [2.75, 3.05) is 26.3 Å². The van der Waals surface area contributed by atoms with E-state index in [9.17, 15) is 5.11 Å². The Labute approximate surface area is 93.2 Å². The van der Waals surface area contributed by atoms with E-state index in [1.807, 2.05) is 6.92 Å². The van der Waals surface area contributed by atoms with Gasteiger partial charge in [-0.1, -0.05) is 19.3 Å². The summed E-state index contributed by atoms with van der Waals surface area (Å²) in [4.78, 5) is 0. The van der Waals surface area contributed by atoms with E-state index in [2.05, 4.69) is 5.32 Å². The minimum absolute atomic E-state index is 0.427. The third kappa shape index (κ3) is 5.50. The average molecular weight is 215 g/mol. The molecular formula is C12H25NO2. The molecule has 3 heteroatoms. The lowest BCUT2D eigenvalue weighted by molar-refractivity contribution is 0.00462. The van der Waals surface area contributed by atoms with Crippen LogP contribution in [0.4, 0.5) is 0 Å². The van der Waals surface area contributed by atoms with Crippen LogP contribution in [0.1, 0.15) is 45.4 Å². The van der Waals surface area contributed by atoms with Crippen molar-refractivity contribution in [3.05, 3.63) is 0 Å². The van der Waals surface area contributed by atoms with Crippen molar-refractivity contribution in [1.29, 1.82) is 0 Å². The standard InChI is InChI=1S/C12H25NO2/c1-2-15-10-6-9-13-11-12(14)7-4-3-5-8-12/h13-14H,2-11H2,1H3. The van der Waals surface area contributed by atoms with Gasteiger partial charge >= 0.3 is 0 Å². The Hall–Kier alpha value is -0.120. The van der Waals surface area contributed by atoms with E-state index < -0.39 is 5.60 Å². The number of ether oxygens (including phenoxy) is 1. The average Bonchev–Trinajstić information content (AvgIpc) is 2.24. The van der Waals surface area contributed by atoms with Crippen LogP contribution in [0.15, 0.2) is 0 Å². The Morgan fingerprint density at radius 3 is 2.67 bits per heavy atom. The van der Waals surface area contributed by atoms with E-state index in [1.165, 1.54) is 19.3 Å². The van der Waals surface area contributed by atoms with Crippen LogP contribution in [0.3, 0.4) is 0 Å². The summed E-state index contributed by atoms with van der Waals surface area (Å²) in [6, 6.07) is 0. The lowest BCUT2D eigenvalue weighted by atomic mass is 9.85. The summed E-state index contributed by atoms with van der Waals surface area (Å²) in [6.45, 7) is 5.32. The molecule has 0 bridgehead atoms. The molecule has 90 valence electrons. The van der Waals surface area contributed by atoms with Crippen LogP contribution < -0.4 is 5.32 Å². The molecule has 0 unspecified atom stereocenters. The van der Waals surface area contributed by atoms with Gasteiger partial charge in [0.1, 0.15) is 0 Å². The molecule has 0 atom stereocenters. The van der Waals surface area contributed by atoms with Gasteiger partial charge < -0.3 is 15.2 Å².